The molecule has 1 saturated heterocycles. The fraction of sp³-hybridized carbons (Fsp3) is 0.545. The number of hydrogen-bond donors (Lipinski definition) is 3. The standard InChI is InChI=1S/C33H46N4O7/c1-20(2)30(33(40)34-12-7-13-37-14-16-44-17-15-37)36-26-11-9-23-24(19-27(26)39)25(35-21(3)38)10-8-22-18-28(41-4)31(42-5)32(43-6)29(22)23/h9,11,18-20,25,30H,7-8,10,12-17H2,1-6H3,(H,34,40)(H,35,38)(H,36,39). The Morgan fingerprint density at radius 3 is 2.41 bits per heavy atom. The van der Waals surface area contributed by atoms with Gasteiger partial charge in [-0.1, -0.05) is 19.9 Å². The van der Waals surface area contributed by atoms with Crippen molar-refractivity contribution in [1.29, 1.82) is 0 Å². The second kappa shape index (κ2) is 15.3. The largest absolute Gasteiger partial charge is 0.493 e. The molecule has 1 aliphatic heterocycles. The molecule has 4 rings (SSSR count). The Kier molecular flexibility index (Phi) is 11.5. The number of fused-ring (bicyclic) bond motifs is 3. The van der Waals surface area contributed by atoms with Crippen molar-refractivity contribution in [1.82, 2.24) is 15.5 Å². The molecule has 2 unspecified atom stereocenters. The number of anilines is 1. The minimum atomic E-state index is -0.620. The van der Waals surface area contributed by atoms with E-state index in [9.17, 15) is 14.4 Å². The van der Waals surface area contributed by atoms with Crippen LogP contribution in [0.1, 0.15) is 50.8 Å². The van der Waals surface area contributed by atoms with Crippen LogP contribution >= 0.6 is 0 Å². The Morgan fingerprint density at radius 1 is 1.05 bits per heavy atom. The molecule has 0 spiro atoms. The average molecular weight is 611 g/mol. The topological polar surface area (TPSA) is 127 Å². The van der Waals surface area contributed by atoms with E-state index < -0.39 is 12.1 Å². The monoisotopic (exact) mass is 610 g/mol. The highest BCUT2D eigenvalue weighted by atomic mass is 16.5. The van der Waals surface area contributed by atoms with Crippen molar-refractivity contribution in [3.8, 4) is 28.4 Å². The van der Waals surface area contributed by atoms with E-state index in [-0.39, 0.29) is 23.2 Å². The molecule has 0 radical (unpaired) electrons. The van der Waals surface area contributed by atoms with Crippen LogP contribution in [0.15, 0.2) is 29.1 Å². The zero-order valence-corrected chi connectivity index (χ0v) is 26.7. The number of rotatable bonds is 12. The van der Waals surface area contributed by atoms with Gasteiger partial charge in [-0.3, -0.25) is 19.3 Å². The molecular formula is C33H46N4O7. The van der Waals surface area contributed by atoms with Gasteiger partial charge in [-0.2, -0.15) is 0 Å². The average Bonchev–Trinajstić information content (AvgIpc) is 3.25. The number of nitrogens with zero attached hydrogens (tertiary/aromatic N) is 1. The van der Waals surface area contributed by atoms with E-state index in [1.807, 2.05) is 26.0 Å². The van der Waals surface area contributed by atoms with Gasteiger partial charge in [-0.05, 0) is 66.6 Å². The van der Waals surface area contributed by atoms with E-state index in [0.29, 0.717) is 47.9 Å². The molecule has 2 aromatic rings. The number of benzene rings is 1. The van der Waals surface area contributed by atoms with Gasteiger partial charge in [0, 0.05) is 32.1 Å². The van der Waals surface area contributed by atoms with E-state index in [0.717, 1.165) is 56.0 Å². The summed E-state index contributed by atoms with van der Waals surface area (Å²) in [4.78, 5) is 41.6. The zero-order valence-electron chi connectivity index (χ0n) is 26.7. The van der Waals surface area contributed by atoms with Gasteiger partial charge in [0.25, 0.3) is 0 Å². The summed E-state index contributed by atoms with van der Waals surface area (Å²) in [5, 5.41) is 9.29. The van der Waals surface area contributed by atoms with Crippen LogP contribution in [0.2, 0.25) is 0 Å². The number of morpholine rings is 1. The first-order valence-corrected chi connectivity index (χ1v) is 15.3. The van der Waals surface area contributed by atoms with Gasteiger partial charge in [-0.25, -0.2) is 0 Å². The molecular weight excluding hydrogens is 564 g/mol. The van der Waals surface area contributed by atoms with Crippen LogP contribution in [-0.4, -0.2) is 83.5 Å². The Bertz CT molecular complexity index is 1390. The minimum Gasteiger partial charge on any atom is -0.493 e. The van der Waals surface area contributed by atoms with E-state index in [4.69, 9.17) is 18.9 Å². The van der Waals surface area contributed by atoms with Crippen LogP contribution in [0.4, 0.5) is 5.69 Å². The minimum absolute atomic E-state index is 0.0818. The number of methoxy groups -OCH3 is 3. The molecule has 1 heterocycles. The fourth-order valence-corrected chi connectivity index (χ4v) is 5.98. The Balaban J connectivity index is 1.68. The number of hydrogen-bond acceptors (Lipinski definition) is 9. The van der Waals surface area contributed by atoms with Crippen LogP contribution in [0.5, 0.6) is 17.2 Å². The smallest absolute Gasteiger partial charge is 0.242 e. The quantitative estimate of drug-likeness (QED) is 0.311. The van der Waals surface area contributed by atoms with Crippen LogP contribution in [0.25, 0.3) is 11.1 Å². The summed E-state index contributed by atoms with van der Waals surface area (Å²) in [5.41, 5.74) is 3.12. The van der Waals surface area contributed by atoms with Crippen molar-refractivity contribution < 1.29 is 28.5 Å². The number of ether oxygens (including phenoxy) is 4. The molecule has 44 heavy (non-hydrogen) atoms. The highest BCUT2D eigenvalue weighted by Crippen LogP contribution is 2.50. The summed E-state index contributed by atoms with van der Waals surface area (Å²) >= 11 is 0. The molecule has 11 heteroatoms. The van der Waals surface area contributed by atoms with Gasteiger partial charge < -0.3 is 34.9 Å². The van der Waals surface area contributed by atoms with Gasteiger partial charge in [0.2, 0.25) is 23.0 Å². The summed E-state index contributed by atoms with van der Waals surface area (Å²) in [6.07, 6.45) is 2.00. The molecule has 11 nitrogen and oxygen atoms in total. The molecule has 1 aliphatic carbocycles. The van der Waals surface area contributed by atoms with Crippen molar-refractivity contribution in [2.45, 2.75) is 52.1 Å². The number of amides is 2. The van der Waals surface area contributed by atoms with E-state index in [2.05, 4.69) is 20.9 Å². The summed E-state index contributed by atoms with van der Waals surface area (Å²) in [6, 6.07) is 5.99. The number of carbonyl (C=O) groups excluding carboxylic acids is 2. The van der Waals surface area contributed by atoms with E-state index in [1.54, 1.807) is 33.5 Å². The number of nitrogens with one attached hydrogen (secondary N) is 3. The molecule has 0 aromatic heterocycles. The lowest BCUT2D eigenvalue weighted by Gasteiger charge is -2.27. The van der Waals surface area contributed by atoms with Crippen molar-refractivity contribution in [2.24, 2.45) is 5.92 Å². The van der Waals surface area contributed by atoms with Crippen LogP contribution in [0.3, 0.4) is 0 Å². The molecule has 2 atom stereocenters. The second-order valence-corrected chi connectivity index (χ2v) is 11.6. The van der Waals surface area contributed by atoms with Crippen molar-refractivity contribution in [3.63, 3.8) is 0 Å². The maximum Gasteiger partial charge on any atom is 0.242 e. The Hall–Kier alpha value is -3.83. The molecule has 2 aliphatic rings. The maximum absolute atomic E-state index is 13.7. The normalized spacial score (nSPS) is 17.0. The molecule has 1 fully saturated rings. The molecule has 2 amide bonds. The number of carbonyl (C=O) groups is 2. The van der Waals surface area contributed by atoms with Gasteiger partial charge in [0.1, 0.15) is 6.04 Å². The predicted octanol–water partition coefficient (Wildman–Crippen LogP) is 3.14. The summed E-state index contributed by atoms with van der Waals surface area (Å²) < 4.78 is 22.5. The fourth-order valence-electron chi connectivity index (χ4n) is 5.98. The third kappa shape index (κ3) is 7.62. The highest BCUT2D eigenvalue weighted by molar-refractivity contribution is 5.86. The molecule has 0 saturated carbocycles. The summed E-state index contributed by atoms with van der Waals surface area (Å²) in [7, 11) is 4.68. The van der Waals surface area contributed by atoms with Gasteiger partial charge in [0.05, 0.1) is 46.3 Å². The van der Waals surface area contributed by atoms with Gasteiger partial charge in [-0.15, -0.1) is 0 Å². The van der Waals surface area contributed by atoms with Crippen LogP contribution in [0, 0.1) is 5.92 Å². The first kappa shape index (κ1) is 33.1. The van der Waals surface area contributed by atoms with Crippen LogP contribution < -0.4 is 35.6 Å². The lowest BCUT2D eigenvalue weighted by molar-refractivity contribution is -0.122. The Morgan fingerprint density at radius 2 is 1.77 bits per heavy atom. The van der Waals surface area contributed by atoms with Gasteiger partial charge >= 0.3 is 0 Å². The molecule has 240 valence electrons. The first-order chi connectivity index (χ1) is 21.2. The Labute approximate surface area is 259 Å². The lowest BCUT2D eigenvalue weighted by Crippen LogP contribution is -2.44. The van der Waals surface area contributed by atoms with Crippen molar-refractivity contribution >= 4 is 17.5 Å². The third-order valence-electron chi connectivity index (χ3n) is 8.23. The maximum atomic E-state index is 13.7. The third-order valence-corrected chi connectivity index (χ3v) is 8.23. The predicted molar refractivity (Wildman–Crippen MR) is 170 cm³/mol. The summed E-state index contributed by atoms with van der Waals surface area (Å²) in [5.74, 6) is 1.02. The van der Waals surface area contributed by atoms with E-state index >= 15 is 0 Å². The molecule has 2 aromatic carbocycles. The zero-order chi connectivity index (χ0) is 31.8. The van der Waals surface area contributed by atoms with E-state index in [1.165, 1.54) is 6.92 Å². The molecule has 0 bridgehead atoms. The lowest BCUT2D eigenvalue weighted by atomic mass is 9.95. The van der Waals surface area contributed by atoms with Crippen molar-refractivity contribution in [3.05, 3.63) is 45.6 Å². The van der Waals surface area contributed by atoms with Crippen LogP contribution in [-0.2, 0) is 20.7 Å². The first-order valence-electron chi connectivity index (χ1n) is 15.3. The van der Waals surface area contributed by atoms with Gasteiger partial charge in [0.15, 0.2) is 11.5 Å². The SMILES string of the molecule is COc1cc2c(c(OC)c1OC)-c1ccc(NC(C(=O)NCCCN3CCOCC3)C(C)C)c(=O)cc1C(NC(C)=O)CC2. The molecule has 3 N–H and O–H groups in total. The summed E-state index contributed by atoms with van der Waals surface area (Å²) in [6.45, 7) is 10.1. The highest BCUT2D eigenvalue weighted by Gasteiger charge is 2.30. The second-order valence-electron chi connectivity index (χ2n) is 11.6. The van der Waals surface area contributed by atoms with Crippen molar-refractivity contribution in [2.75, 3.05) is 66.0 Å². The number of aryl methyl sites for hydroxylation is 1.